The molecule has 1 aromatic rings. The lowest BCUT2D eigenvalue weighted by molar-refractivity contribution is 0.0690. The summed E-state index contributed by atoms with van der Waals surface area (Å²) in [6.07, 6.45) is 1.79. The van der Waals surface area contributed by atoms with Crippen LogP contribution in [0.3, 0.4) is 0 Å². The smallest absolute Gasteiger partial charge is 0.255 e. The first-order chi connectivity index (χ1) is 9.52. The van der Waals surface area contributed by atoms with Crippen molar-refractivity contribution in [3.05, 3.63) is 34.4 Å². The summed E-state index contributed by atoms with van der Waals surface area (Å²) in [6.45, 7) is 2.15. The minimum Gasteiger partial charge on any atom is -0.339 e. The Kier molecular flexibility index (Phi) is 4.94. The maximum atomic E-state index is 13.2. The summed E-state index contributed by atoms with van der Waals surface area (Å²) in [5.74, 6) is -1.89. The van der Waals surface area contributed by atoms with Gasteiger partial charge in [0.25, 0.3) is 5.91 Å². The Morgan fingerprint density at radius 2 is 1.95 bits per heavy atom. The van der Waals surface area contributed by atoms with Crippen molar-refractivity contribution in [2.24, 2.45) is 5.92 Å². The molecule has 1 fully saturated rings. The number of nitrogens with zero attached hydrogens (tertiary/aromatic N) is 1. The summed E-state index contributed by atoms with van der Waals surface area (Å²) >= 11 is 5.83. The summed E-state index contributed by atoms with van der Waals surface area (Å²) < 4.78 is 26.2. The van der Waals surface area contributed by atoms with E-state index in [1.165, 1.54) is 0 Å². The van der Waals surface area contributed by atoms with Crippen molar-refractivity contribution in [2.45, 2.75) is 12.8 Å². The number of piperidine rings is 1. The fourth-order valence-electron chi connectivity index (χ4n) is 2.49. The van der Waals surface area contributed by atoms with Crippen LogP contribution in [0.4, 0.5) is 8.78 Å². The zero-order valence-corrected chi connectivity index (χ0v) is 12.0. The fraction of sp³-hybridized carbons (Fsp3) is 0.500. The number of nitrogens with one attached hydrogen (secondary N) is 1. The molecule has 1 heterocycles. The van der Waals surface area contributed by atoms with Gasteiger partial charge in [0.05, 0.1) is 10.6 Å². The summed E-state index contributed by atoms with van der Waals surface area (Å²) in [5, 5.41) is 3.07. The van der Waals surface area contributed by atoms with E-state index in [-0.39, 0.29) is 16.5 Å². The van der Waals surface area contributed by atoms with Crippen molar-refractivity contribution in [1.29, 1.82) is 0 Å². The van der Waals surface area contributed by atoms with Gasteiger partial charge in [0, 0.05) is 13.1 Å². The van der Waals surface area contributed by atoms with Crippen LogP contribution in [0, 0.1) is 17.6 Å². The second kappa shape index (κ2) is 6.50. The Bertz CT molecular complexity index is 502. The standard InChI is InChI=1S/C14H17ClF2N2O/c1-18-8-9-2-4-19(5-3-9)14(20)10-6-12(16)13(17)7-11(10)15/h6-7,9,18H,2-5,8H2,1H3. The van der Waals surface area contributed by atoms with Gasteiger partial charge in [-0.25, -0.2) is 8.78 Å². The van der Waals surface area contributed by atoms with Gasteiger partial charge in [0.15, 0.2) is 11.6 Å². The van der Waals surface area contributed by atoms with Crippen LogP contribution in [-0.2, 0) is 0 Å². The molecular formula is C14H17ClF2N2O. The predicted molar refractivity (Wildman–Crippen MR) is 73.9 cm³/mol. The van der Waals surface area contributed by atoms with Gasteiger partial charge >= 0.3 is 0 Å². The average molecular weight is 303 g/mol. The second-order valence-electron chi connectivity index (χ2n) is 5.04. The Morgan fingerprint density at radius 3 is 2.55 bits per heavy atom. The van der Waals surface area contributed by atoms with Crippen LogP contribution in [0.1, 0.15) is 23.2 Å². The van der Waals surface area contributed by atoms with E-state index in [1.807, 2.05) is 7.05 Å². The minimum atomic E-state index is -1.05. The van der Waals surface area contributed by atoms with E-state index in [0.717, 1.165) is 31.5 Å². The van der Waals surface area contributed by atoms with Crippen molar-refractivity contribution >= 4 is 17.5 Å². The fourth-order valence-corrected chi connectivity index (χ4v) is 2.72. The Labute approximate surface area is 121 Å². The van der Waals surface area contributed by atoms with Crippen LogP contribution >= 0.6 is 11.6 Å². The van der Waals surface area contributed by atoms with Crippen LogP contribution in [0.25, 0.3) is 0 Å². The first-order valence-electron chi connectivity index (χ1n) is 6.61. The summed E-state index contributed by atoms with van der Waals surface area (Å²) in [4.78, 5) is 13.9. The molecule has 1 N–H and O–H groups in total. The molecule has 1 amide bonds. The van der Waals surface area contributed by atoms with Crippen LogP contribution in [0.15, 0.2) is 12.1 Å². The molecule has 0 unspecified atom stereocenters. The quantitative estimate of drug-likeness (QED) is 0.871. The summed E-state index contributed by atoms with van der Waals surface area (Å²) in [5.41, 5.74) is 0.0256. The predicted octanol–water partition coefficient (Wildman–Crippen LogP) is 2.69. The lowest BCUT2D eigenvalue weighted by atomic mass is 9.96. The molecule has 1 aromatic carbocycles. The SMILES string of the molecule is CNCC1CCN(C(=O)c2cc(F)c(F)cc2Cl)CC1. The topological polar surface area (TPSA) is 32.3 Å². The maximum absolute atomic E-state index is 13.2. The van der Waals surface area contributed by atoms with Gasteiger partial charge < -0.3 is 10.2 Å². The van der Waals surface area contributed by atoms with Gasteiger partial charge in [-0.05, 0) is 44.5 Å². The number of benzene rings is 1. The van der Waals surface area contributed by atoms with E-state index in [2.05, 4.69) is 5.32 Å². The Hall–Kier alpha value is -1.20. The molecule has 2 rings (SSSR count). The number of likely N-dealkylation sites (tertiary alicyclic amines) is 1. The number of carbonyl (C=O) groups excluding carboxylic acids is 1. The largest absolute Gasteiger partial charge is 0.339 e. The molecule has 1 aliphatic rings. The zero-order valence-electron chi connectivity index (χ0n) is 11.3. The zero-order chi connectivity index (χ0) is 14.7. The highest BCUT2D eigenvalue weighted by molar-refractivity contribution is 6.33. The van der Waals surface area contributed by atoms with Crippen molar-refractivity contribution < 1.29 is 13.6 Å². The molecule has 0 atom stereocenters. The third kappa shape index (κ3) is 3.27. The number of carbonyl (C=O) groups is 1. The van der Waals surface area contributed by atoms with Gasteiger partial charge in [-0.15, -0.1) is 0 Å². The lowest BCUT2D eigenvalue weighted by Crippen LogP contribution is -2.40. The molecule has 0 saturated carbocycles. The molecule has 0 radical (unpaired) electrons. The Morgan fingerprint density at radius 1 is 1.35 bits per heavy atom. The van der Waals surface area contributed by atoms with Crippen LogP contribution < -0.4 is 5.32 Å². The van der Waals surface area contributed by atoms with Crippen molar-refractivity contribution in [2.75, 3.05) is 26.7 Å². The van der Waals surface area contributed by atoms with Gasteiger partial charge in [-0.3, -0.25) is 4.79 Å². The van der Waals surface area contributed by atoms with E-state index in [0.29, 0.717) is 19.0 Å². The van der Waals surface area contributed by atoms with Gasteiger partial charge in [0.1, 0.15) is 0 Å². The number of halogens is 3. The molecule has 0 aromatic heterocycles. The number of amides is 1. The highest BCUT2D eigenvalue weighted by atomic mass is 35.5. The average Bonchev–Trinajstić information content (AvgIpc) is 2.43. The number of rotatable bonds is 3. The van der Waals surface area contributed by atoms with Gasteiger partial charge in [-0.1, -0.05) is 11.6 Å². The van der Waals surface area contributed by atoms with E-state index in [4.69, 9.17) is 11.6 Å². The molecule has 1 saturated heterocycles. The highest BCUT2D eigenvalue weighted by Crippen LogP contribution is 2.24. The molecule has 110 valence electrons. The van der Waals surface area contributed by atoms with Crippen LogP contribution in [0.2, 0.25) is 5.02 Å². The minimum absolute atomic E-state index is 0.0256. The van der Waals surface area contributed by atoms with Crippen molar-refractivity contribution in [3.8, 4) is 0 Å². The maximum Gasteiger partial charge on any atom is 0.255 e. The van der Waals surface area contributed by atoms with E-state index >= 15 is 0 Å². The molecule has 0 aliphatic carbocycles. The first kappa shape index (κ1) is 15.2. The number of hydrogen-bond acceptors (Lipinski definition) is 2. The monoisotopic (exact) mass is 302 g/mol. The third-order valence-corrected chi connectivity index (χ3v) is 3.95. The molecule has 20 heavy (non-hydrogen) atoms. The molecule has 0 bridgehead atoms. The van der Waals surface area contributed by atoms with Gasteiger partial charge in [-0.2, -0.15) is 0 Å². The normalized spacial score (nSPS) is 16.5. The number of hydrogen-bond donors (Lipinski definition) is 1. The Balaban J connectivity index is 2.07. The van der Waals surface area contributed by atoms with E-state index in [1.54, 1.807) is 4.90 Å². The first-order valence-corrected chi connectivity index (χ1v) is 6.99. The molecule has 3 nitrogen and oxygen atoms in total. The summed E-state index contributed by atoms with van der Waals surface area (Å²) in [7, 11) is 1.90. The lowest BCUT2D eigenvalue weighted by Gasteiger charge is -2.32. The molecule has 1 aliphatic heterocycles. The van der Waals surface area contributed by atoms with Crippen LogP contribution in [0.5, 0.6) is 0 Å². The molecule has 0 spiro atoms. The van der Waals surface area contributed by atoms with Crippen molar-refractivity contribution in [1.82, 2.24) is 10.2 Å². The van der Waals surface area contributed by atoms with E-state index in [9.17, 15) is 13.6 Å². The molecular weight excluding hydrogens is 286 g/mol. The van der Waals surface area contributed by atoms with E-state index < -0.39 is 11.6 Å². The van der Waals surface area contributed by atoms with Crippen molar-refractivity contribution in [3.63, 3.8) is 0 Å². The van der Waals surface area contributed by atoms with Crippen LogP contribution in [-0.4, -0.2) is 37.5 Å². The highest BCUT2D eigenvalue weighted by Gasteiger charge is 2.25. The third-order valence-electron chi connectivity index (χ3n) is 3.63. The van der Waals surface area contributed by atoms with Gasteiger partial charge in [0.2, 0.25) is 0 Å². The summed E-state index contributed by atoms with van der Waals surface area (Å²) in [6, 6.07) is 1.72. The molecule has 6 heteroatoms. The second-order valence-corrected chi connectivity index (χ2v) is 5.45.